The molecule has 1 heterocycles. The summed E-state index contributed by atoms with van der Waals surface area (Å²) in [5.74, 6) is 0.938. The molecule has 0 atom stereocenters. The third-order valence-electron chi connectivity index (χ3n) is 5.20. The number of hydrogen-bond donors (Lipinski definition) is 1. The molecule has 0 radical (unpaired) electrons. The predicted molar refractivity (Wildman–Crippen MR) is 82.6 cm³/mol. The van der Waals surface area contributed by atoms with Crippen molar-refractivity contribution in [2.45, 2.75) is 57.5 Å². The molecule has 3 heteroatoms. The van der Waals surface area contributed by atoms with Crippen molar-refractivity contribution < 1.29 is 0 Å². The molecule has 0 unspecified atom stereocenters. The SMILES string of the molecule is CCNC1CCC(N(C)CC2CCN(C)CC2)CC1. The second-order valence-electron chi connectivity index (χ2n) is 6.75. The maximum atomic E-state index is 3.61. The molecule has 2 rings (SSSR count). The lowest BCUT2D eigenvalue weighted by Gasteiger charge is -2.38. The largest absolute Gasteiger partial charge is 0.314 e. The van der Waals surface area contributed by atoms with E-state index in [0.717, 1.165) is 24.5 Å². The highest BCUT2D eigenvalue weighted by atomic mass is 15.1. The van der Waals surface area contributed by atoms with Crippen molar-refractivity contribution in [2.75, 3.05) is 40.3 Å². The number of nitrogens with one attached hydrogen (secondary N) is 1. The highest BCUT2D eigenvalue weighted by Gasteiger charge is 2.26. The zero-order chi connectivity index (χ0) is 13.7. The van der Waals surface area contributed by atoms with Gasteiger partial charge in [0.05, 0.1) is 0 Å². The molecule has 3 nitrogen and oxygen atoms in total. The zero-order valence-electron chi connectivity index (χ0n) is 13.2. The molecule has 0 spiro atoms. The Hall–Kier alpha value is -0.120. The monoisotopic (exact) mass is 267 g/mol. The lowest BCUT2D eigenvalue weighted by molar-refractivity contribution is 0.123. The van der Waals surface area contributed by atoms with E-state index in [2.05, 4.69) is 36.1 Å². The van der Waals surface area contributed by atoms with Crippen LogP contribution in [0.1, 0.15) is 45.4 Å². The predicted octanol–water partition coefficient (Wildman–Crippen LogP) is 2.18. The summed E-state index contributed by atoms with van der Waals surface area (Å²) in [6, 6.07) is 1.63. The second kappa shape index (κ2) is 7.61. The van der Waals surface area contributed by atoms with Gasteiger partial charge in [-0.05, 0) is 78.2 Å². The van der Waals surface area contributed by atoms with Gasteiger partial charge in [0, 0.05) is 18.6 Å². The lowest BCUT2D eigenvalue weighted by atomic mass is 9.89. The van der Waals surface area contributed by atoms with E-state index in [1.54, 1.807) is 0 Å². The van der Waals surface area contributed by atoms with Gasteiger partial charge in [-0.1, -0.05) is 6.92 Å². The van der Waals surface area contributed by atoms with Gasteiger partial charge in [0.15, 0.2) is 0 Å². The molecular formula is C16H33N3. The van der Waals surface area contributed by atoms with Crippen LogP contribution in [0, 0.1) is 5.92 Å². The molecule has 2 fully saturated rings. The van der Waals surface area contributed by atoms with Gasteiger partial charge in [0.1, 0.15) is 0 Å². The van der Waals surface area contributed by atoms with Crippen molar-refractivity contribution in [3.8, 4) is 0 Å². The van der Waals surface area contributed by atoms with E-state index in [0.29, 0.717) is 0 Å². The molecule has 1 N–H and O–H groups in total. The number of likely N-dealkylation sites (tertiary alicyclic amines) is 1. The molecule has 2 aliphatic rings. The molecule has 112 valence electrons. The topological polar surface area (TPSA) is 18.5 Å². The van der Waals surface area contributed by atoms with E-state index < -0.39 is 0 Å². The Morgan fingerprint density at radius 3 is 2.26 bits per heavy atom. The van der Waals surface area contributed by atoms with Gasteiger partial charge >= 0.3 is 0 Å². The summed E-state index contributed by atoms with van der Waals surface area (Å²) in [7, 11) is 4.61. The molecule has 0 aromatic heterocycles. The average Bonchev–Trinajstić information content (AvgIpc) is 2.42. The van der Waals surface area contributed by atoms with Gasteiger partial charge in [0.25, 0.3) is 0 Å². The van der Waals surface area contributed by atoms with Gasteiger partial charge in [-0.2, -0.15) is 0 Å². The summed E-state index contributed by atoms with van der Waals surface area (Å²) < 4.78 is 0. The fourth-order valence-corrected chi connectivity index (χ4v) is 3.81. The van der Waals surface area contributed by atoms with E-state index in [1.165, 1.54) is 58.2 Å². The Balaban J connectivity index is 1.68. The Morgan fingerprint density at radius 2 is 1.68 bits per heavy atom. The van der Waals surface area contributed by atoms with Gasteiger partial charge in [-0.15, -0.1) is 0 Å². The number of hydrogen-bond acceptors (Lipinski definition) is 3. The molecule has 1 aliphatic heterocycles. The number of nitrogens with zero attached hydrogens (tertiary/aromatic N) is 2. The average molecular weight is 267 g/mol. The van der Waals surface area contributed by atoms with Crippen LogP contribution < -0.4 is 5.32 Å². The maximum absolute atomic E-state index is 3.61. The Kier molecular flexibility index (Phi) is 6.11. The molecule has 0 aromatic rings. The van der Waals surface area contributed by atoms with Gasteiger partial charge in [-0.3, -0.25) is 0 Å². The van der Waals surface area contributed by atoms with Gasteiger partial charge in [0.2, 0.25) is 0 Å². The molecule has 1 aliphatic carbocycles. The minimum Gasteiger partial charge on any atom is -0.314 e. The number of rotatable bonds is 5. The first-order valence-corrected chi connectivity index (χ1v) is 8.31. The lowest BCUT2D eigenvalue weighted by Crippen LogP contribution is -2.43. The van der Waals surface area contributed by atoms with Crippen LogP contribution in [0.15, 0.2) is 0 Å². The Bertz CT molecular complexity index is 240. The van der Waals surface area contributed by atoms with E-state index >= 15 is 0 Å². The van der Waals surface area contributed by atoms with Crippen molar-refractivity contribution in [3.63, 3.8) is 0 Å². The van der Waals surface area contributed by atoms with Crippen LogP contribution in [0.3, 0.4) is 0 Å². The molecule has 0 amide bonds. The molecule has 1 saturated carbocycles. The molecule has 19 heavy (non-hydrogen) atoms. The highest BCUT2D eigenvalue weighted by molar-refractivity contribution is 4.83. The minimum atomic E-state index is 0.790. The second-order valence-corrected chi connectivity index (χ2v) is 6.75. The maximum Gasteiger partial charge on any atom is 0.00934 e. The van der Waals surface area contributed by atoms with Crippen LogP contribution in [-0.4, -0.2) is 62.2 Å². The summed E-state index contributed by atoms with van der Waals surface area (Å²) in [5, 5.41) is 3.61. The highest BCUT2D eigenvalue weighted by Crippen LogP contribution is 2.25. The molecule has 0 bridgehead atoms. The normalized spacial score (nSPS) is 30.9. The Morgan fingerprint density at radius 1 is 1.05 bits per heavy atom. The smallest absolute Gasteiger partial charge is 0.00934 e. The van der Waals surface area contributed by atoms with Crippen molar-refractivity contribution in [3.05, 3.63) is 0 Å². The van der Waals surface area contributed by atoms with Crippen LogP contribution in [0.5, 0.6) is 0 Å². The van der Waals surface area contributed by atoms with Gasteiger partial charge in [-0.25, -0.2) is 0 Å². The summed E-state index contributed by atoms with van der Waals surface area (Å²) in [4.78, 5) is 5.14. The third-order valence-corrected chi connectivity index (χ3v) is 5.20. The fourth-order valence-electron chi connectivity index (χ4n) is 3.81. The van der Waals surface area contributed by atoms with Crippen LogP contribution in [0.4, 0.5) is 0 Å². The third kappa shape index (κ3) is 4.73. The first-order valence-electron chi connectivity index (χ1n) is 8.31. The summed E-state index contributed by atoms with van der Waals surface area (Å²) in [5.41, 5.74) is 0. The van der Waals surface area contributed by atoms with E-state index in [1.807, 2.05) is 0 Å². The Labute approximate surface area is 119 Å². The van der Waals surface area contributed by atoms with Gasteiger partial charge < -0.3 is 15.1 Å². The minimum absolute atomic E-state index is 0.790. The summed E-state index contributed by atoms with van der Waals surface area (Å²) in [6.07, 6.45) is 8.31. The van der Waals surface area contributed by atoms with E-state index in [-0.39, 0.29) is 0 Å². The zero-order valence-corrected chi connectivity index (χ0v) is 13.2. The summed E-state index contributed by atoms with van der Waals surface area (Å²) >= 11 is 0. The van der Waals surface area contributed by atoms with Crippen molar-refractivity contribution in [1.29, 1.82) is 0 Å². The van der Waals surface area contributed by atoms with E-state index in [4.69, 9.17) is 0 Å². The number of piperidine rings is 1. The van der Waals surface area contributed by atoms with Crippen LogP contribution in [0.25, 0.3) is 0 Å². The first kappa shape index (κ1) is 15.3. The van der Waals surface area contributed by atoms with Crippen molar-refractivity contribution >= 4 is 0 Å². The molecular weight excluding hydrogens is 234 g/mol. The quantitative estimate of drug-likeness (QED) is 0.824. The van der Waals surface area contributed by atoms with E-state index in [9.17, 15) is 0 Å². The first-order chi connectivity index (χ1) is 9.19. The van der Waals surface area contributed by atoms with Crippen LogP contribution >= 0.6 is 0 Å². The fraction of sp³-hybridized carbons (Fsp3) is 1.00. The van der Waals surface area contributed by atoms with Crippen LogP contribution in [0.2, 0.25) is 0 Å². The standard InChI is InChI=1S/C16H33N3/c1-4-17-15-5-7-16(8-6-15)19(3)13-14-9-11-18(2)12-10-14/h14-17H,4-13H2,1-3H3. The van der Waals surface area contributed by atoms with Crippen molar-refractivity contribution in [1.82, 2.24) is 15.1 Å². The van der Waals surface area contributed by atoms with Crippen LogP contribution in [-0.2, 0) is 0 Å². The van der Waals surface area contributed by atoms with Crippen molar-refractivity contribution in [2.24, 2.45) is 5.92 Å². The summed E-state index contributed by atoms with van der Waals surface area (Å²) in [6.45, 7) is 7.26. The molecule has 1 saturated heterocycles. The molecule has 0 aromatic carbocycles.